The number of para-hydroxylation sites is 1. The van der Waals surface area contributed by atoms with Gasteiger partial charge < -0.3 is 5.32 Å². The number of anilines is 2. The van der Waals surface area contributed by atoms with Gasteiger partial charge in [-0.1, -0.05) is 34.1 Å². The highest BCUT2D eigenvalue weighted by Crippen LogP contribution is 2.35. The van der Waals surface area contributed by atoms with Crippen molar-refractivity contribution in [2.75, 3.05) is 9.62 Å². The number of benzene rings is 3. The Morgan fingerprint density at radius 1 is 0.929 bits per heavy atom. The monoisotopic (exact) mass is 456 g/mol. The minimum Gasteiger partial charge on any atom is -0.322 e. The largest absolute Gasteiger partial charge is 0.322 e. The lowest BCUT2D eigenvalue weighted by Gasteiger charge is -2.15. The summed E-state index contributed by atoms with van der Waals surface area (Å²) < 4.78 is 27.5. The summed E-state index contributed by atoms with van der Waals surface area (Å²) in [6, 6.07) is 19.2. The number of sulfonamides is 1. The van der Waals surface area contributed by atoms with E-state index in [2.05, 4.69) is 21.2 Å². The van der Waals surface area contributed by atoms with Gasteiger partial charge in [0.15, 0.2) is 0 Å². The number of rotatable bonds is 3. The molecule has 4 rings (SSSR count). The Hall–Kier alpha value is -2.97. The van der Waals surface area contributed by atoms with Crippen LogP contribution in [0.15, 0.2) is 82.2 Å². The molecule has 0 aromatic heterocycles. The highest BCUT2D eigenvalue weighted by molar-refractivity contribution is 9.10. The van der Waals surface area contributed by atoms with Gasteiger partial charge in [-0.2, -0.15) is 4.31 Å². The molecule has 2 amide bonds. The van der Waals surface area contributed by atoms with E-state index < -0.39 is 21.8 Å². The van der Waals surface area contributed by atoms with Crippen molar-refractivity contribution in [2.24, 2.45) is 0 Å². The molecule has 0 radical (unpaired) electrons. The predicted molar refractivity (Wildman–Crippen MR) is 109 cm³/mol. The van der Waals surface area contributed by atoms with E-state index in [1.165, 1.54) is 30.3 Å². The number of carbonyl (C=O) groups excluding carboxylic acids is 2. The second kappa shape index (κ2) is 6.88. The predicted octanol–water partition coefficient (Wildman–Crippen LogP) is 4.05. The molecule has 0 saturated carbocycles. The number of hydrogen-bond donors (Lipinski definition) is 1. The Morgan fingerprint density at radius 3 is 2.29 bits per heavy atom. The first-order valence-corrected chi connectivity index (χ1v) is 10.5. The minimum atomic E-state index is -4.10. The minimum absolute atomic E-state index is 0.0409. The van der Waals surface area contributed by atoms with Gasteiger partial charge in [-0.15, -0.1) is 0 Å². The third-order valence-corrected chi connectivity index (χ3v) is 6.55. The molecule has 0 unspecified atom stereocenters. The maximum Gasteiger partial charge on any atom is 0.273 e. The van der Waals surface area contributed by atoms with E-state index in [0.717, 1.165) is 8.78 Å². The first-order chi connectivity index (χ1) is 13.4. The first kappa shape index (κ1) is 18.4. The molecule has 140 valence electrons. The number of nitrogens with zero attached hydrogens (tertiary/aromatic N) is 1. The standard InChI is InChI=1S/C20H13BrN2O4S/c21-14-7-9-16(10-8-14)23-20(25)17-11-6-13(12-18(17)28(23,26)27)19(24)22-15-4-2-1-3-5-15/h1-12H,(H,22,24). The number of fused-ring (bicyclic) bond motifs is 1. The van der Waals surface area contributed by atoms with Crippen LogP contribution in [-0.2, 0) is 10.0 Å². The van der Waals surface area contributed by atoms with Crippen LogP contribution in [0.25, 0.3) is 0 Å². The first-order valence-electron chi connectivity index (χ1n) is 8.23. The van der Waals surface area contributed by atoms with Crippen molar-refractivity contribution in [1.82, 2.24) is 0 Å². The van der Waals surface area contributed by atoms with Gasteiger partial charge >= 0.3 is 0 Å². The van der Waals surface area contributed by atoms with Crippen molar-refractivity contribution in [1.29, 1.82) is 0 Å². The van der Waals surface area contributed by atoms with Crippen LogP contribution in [0.4, 0.5) is 11.4 Å². The van der Waals surface area contributed by atoms with E-state index >= 15 is 0 Å². The average Bonchev–Trinajstić information content (AvgIpc) is 2.89. The van der Waals surface area contributed by atoms with Crippen LogP contribution in [0.5, 0.6) is 0 Å². The van der Waals surface area contributed by atoms with Gasteiger partial charge in [-0.3, -0.25) is 9.59 Å². The second-order valence-corrected chi connectivity index (χ2v) is 8.75. The van der Waals surface area contributed by atoms with Crippen LogP contribution in [0.2, 0.25) is 0 Å². The quantitative estimate of drug-likeness (QED) is 0.644. The van der Waals surface area contributed by atoms with Crippen LogP contribution in [-0.4, -0.2) is 20.2 Å². The van der Waals surface area contributed by atoms with E-state index in [0.29, 0.717) is 5.69 Å². The SMILES string of the molecule is O=C(Nc1ccccc1)c1ccc2c(c1)S(=O)(=O)N(c1ccc(Br)cc1)C2=O. The maximum atomic E-state index is 13.0. The molecular weight excluding hydrogens is 444 g/mol. The maximum absolute atomic E-state index is 13.0. The molecule has 1 heterocycles. The molecule has 1 aliphatic rings. The summed E-state index contributed by atoms with van der Waals surface area (Å²) in [6.07, 6.45) is 0. The van der Waals surface area contributed by atoms with E-state index in [1.54, 1.807) is 36.4 Å². The van der Waals surface area contributed by atoms with Crippen molar-refractivity contribution >= 4 is 49.1 Å². The second-order valence-electron chi connectivity index (χ2n) is 6.08. The van der Waals surface area contributed by atoms with Gasteiger partial charge in [0.05, 0.1) is 11.3 Å². The summed E-state index contributed by atoms with van der Waals surface area (Å²) in [7, 11) is -4.10. The fourth-order valence-electron chi connectivity index (χ4n) is 2.93. The molecule has 0 spiro atoms. The summed E-state index contributed by atoms with van der Waals surface area (Å²) in [5, 5.41) is 2.70. The normalized spacial score (nSPS) is 14.6. The molecule has 28 heavy (non-hydrogen) atoms. The van der Waals surface area contributed by atoms with Gasteiger partial charge in [-0.25, -0.2) is 8.42 Å². The van der Waals surface area contributed by atoms with Crippen LogP contribution in [0.3, 0.4) is 0 Å². The van der Waals surface area contributed by atoms with Gasteiger partial charge in [0.1, 0.15) is 4.90 Å². The molecule has 3 aromatic carbocycles. The van der Waals surface area contributed by atoms with Crippen molar-refractivity contribution in [3.63, 3.8) is 0 Å². The van der Waals surface area contributed by atoms with E-state index in [1.807, 2.05) is 6.07 Å². The van der Waals surface area contributed by atoms with Gasteiger partial charge in [0.2, 0.25) is 0 Å². The molecule has 1 N–H and O–H groups in total. The molecule has 3 aromatic rings. The fraction of sp³-hybridized carbons (Fsp3) is 0. The third kappa shape index (κ3) is 3.10. The lowest BCUT2D eigenvalue weighted by atomic mass is 10.1. The number of carbonyl (C=O) groups is 2. The Balaban J connectivity index is 1.71. The number of halogens is 1. The van der Waals surface area contributed by atoms with Crippen molar-refractivity contribution in [2.45, 2.75) is 4.90 Å². The summed E-state index contributed by atoms with van der Waals surface area (Å²) in [6.45, 7) is 0. The van der Waals surface area contributed by atoms with E-state index in [-0.39, 0.29) is 21.7 Å². The van der Waals surface area contributed by atoms with Crippen LogP contribution < -0.4 is 9.62 Å². The van der Waals surface area contributed by atoms with E-state index in [9.17, 15) is 18.0 Å². The molecule has 8 heteroatoms. The Labute approximate surface area is 170 Å². The summed E-state index contributed by atoms with van der Waals surface area (Å²) in [5.74, 6) is -1.11. The molecule has 0 atom stereocenters. The molecule has 0 fully saturated rings. The van der Waals surface area contributed by atoms with Gasteiger partial charge in [-0.05, 0) is 54.6 Å². The summed E-state index contributed by atoms with van der Waals surface area (Å²) in [5.41, 5.74) is 1.01. The summed E-state index contributed by atoms with van der Waals surface area (Å²) in [4.78, 5) is 25.0. The Bertz CT molecular complexity index is 1190. The lowest BCUT2D eigenvalue weighted by molar-refractivity contribution is 0.100. The average molecular weight is 457 g/mol. The smallest absolute Gasteiger partial charge is 0.273 e. The topological polar surface area (TPSA) is 83.6 Å². The highest BCUT2D eigenvalue weighted by atomic mass is 79.9. The van der Waals surface area contributed by atoms with Gasteiger partial charge in [0.25, 0.3) is 21.8 Å². The summed E-state index contributed by atoms with van der Waals surface area (Å²) >= 11 is 3.28. The van der Waals surface area contributed by atoms with Crippen LogP contribution >= 0.6 is 15.9 Å². The molecule has 0 bridgehead atoms. The molecular formula is C20H13BrN2O4S. The molecule has 6 nitrogen and oxygen atoms in total. The van der Waals surface area contributed by atoms with Crippen LogP contribution in [0, 0.1) is 0 Å². The molecule has 1 aliphatic heterocycles. The highest BCUT2D eigenvalue weighted by Gasteiger charge is 2.42. The number of hydrogen-bond acceptors (Lipinski definition) is 4. The zero-order chi connectivity index (χ0) is 19.9. The van der Waals surface area contributed by atoms with Crippen molar-refractivity contribution < 1.29 is 18.0 Å². The van der Waals surface area contributed by atoms with Crippen LogP contribution in [0.1, 0.15) is 20.7 Å². The number of nitrogens with one attached hydrogen (secondary N) is 1. The molecule has 0 aliphatic carbocycles. The van der Waals surface area contributed by atoms with Crippen molar-refractivity contribution in [3.8, 4) is 0 Å². The third-order valence-electron chi connectivity index (χ3n) is 4.27. The molecule has 0 saturated heterocycles. The Morgan fingerprint density at radius 2 is 1.61 bits per heavy atom. The Kier molecular flexibility index (Phi) is 4.52. The van der Waals surface area contributed by atoms with Crippen molar-refractivity contribution in [3.05, 3.63) is 88.4 Å². The number of amides is 2. The fourth-order valence-corrected chi connectivity index (χ4v) is 4.81. The zero-order valence-electron chi connectivity index (χ0n) is 14.3. The van der Waals surface area contributed by atoms with Gasteiger partial charge in [0, 0.05) is 15.7 Å². The van der Waals surface area contributed by atoms with E-state index in [4.69, 9.17) is 0 Å². The zero-order valence-corrected chi connectivity index (χ0v) is 16.7. The lowest BCUT2D eigenvalue weighted by Crippen LogP contribution is -2.29.